The fourth-order valence-corrected chi connectivity index (χ4v) is 5.50. The van der Waals surface area contributed by atoms with E-state index in [1.54, 1.807) is 34.4 Å². The zero-order valence-electron chi connectivity index (χ0n) is 15.2. The molecule has 1 N–H and O–H groups in total. The monoisotopic (exact) mass is 412 g/mol. The van der Waals surface area contributed by atoms with Crippen LogP contribution in [0.1, 0.15) is 34.1 Å². The van der Waals surface area contributed by atoms with Gasteiger partial charge in [-0.25, -0.2) is 4.98 Å². The lowest BCUT2D eigenvalue weighted by Crippen LogP contribution is -3.15. The number of nitrogens with one attached hydrogen (secondary N) is 1. The third kappa shape index (κ3) is 3.02. The lowest BCUT2D eigenvalue weighted by atomic mass is 9.99. The molecule has 1 unspecified atom stereocenters. The summed E-state index contributed by atoms with van der Waals surface area (Å²) in [5, 5.41) is 1.65. The number of anilines is 1. The van der Waals surface area contributed by atoms with Crippen LogP contribution in [0.3, 0.4) is 0 Å². The number of hydrogen-bond donors (Lipinski definition) is 1. The third-order valence-corrected chi connectivity index (χ3v) is 7.03. The second kappa shape index (κ2) is 6.95. The van der Waals surface area contributed by atoms with E-state index in [1.165, 1.54) is 14.6 Å². The molecule has 0 spiro atoms. The molecule has 0 saturated carbocycles. The van der Waals surface area contributed by atoms with Gasteiger partial charge >= 0.3 is 5.91 Å². The Bertz CT molecular complexity index is 1060. The highest BCUT2D eigenvalue weighted by atomic mass is 35.5. The van der Waals surface area contributed by atoms with Gasteiger partial charge in [0.15, 0.2) is 6.67 Å². The maximum absolute atomic E-state index is 12.5. The zero-order chi connectivity index (χ0) is 19.3. The highest BCUT2D eigenvalue weighted by Gasteiger charge is 2.39. The van der Waals surface area contributed by atoms with E-state index >= 15 is 0 Å². The van der Waals surface area contributed by atoms with Gasteiger partial charge in [0.05, 0.1) is 40.5 Å². The van der Waals surface area contributed by atoms with Gasteiger partial charge in [-0.3, -0.25) is 14.5 Å². The molecule has 2 aliphatic heterocycles. The number of aromatic nitrogens is 1. The van der Waals surface area contributed by atoms with Gasteiger partial charge in [0.1, 0.15) is 5.01 Å². The standard InChI is InChI=1S/C21H18ClN3O2S/c22-14-7-8-17-15(10-14)19(26)21(27)25(17)12-24-9-3-4-13(11-24)20-23-16-5-1-2-6-18(16)28-20/h1-2,5-8,10,13H,3-4,9,11-12H2/p+1/t13-/m0/s1. The van der Waals surface area contributed by atoms with E-state index in [9.17, 15) is 9.59 Å². The van der Waals surface area contributed by atoms with Crippen LogP contribution in [0.15, 0.2) is 42.5 Å². The number of piperidine rings is 1. The fourth-order valence-electron chi connectivity index (χ4n) is 4.22. The highest BCUT2D eigenvalue weighted by molar-refractivity contribution is 7.18. The molecule has 7 heteroatoms. The van der Waals surface area contributed by atoms with Gasteiger partial charge < -0.3 is 4.90 Å². The molecule has 2 aliphatic rings. The number of ketones is 1. The number of halogens is 1. The molecule has 142 valence electrons. The quantitative estimate of drug-likeness (QED) is 0.673. The van der Waals surface area contributed by atoms with Crippen molar-refractivity contribution in [3.63, 3.8) is 0 Å². The van der Waals surface area contributed by atoms with Crippen LogP contribution in [-0.4, -0.2) is 36.4 Å². The minimum atomic E-state index is -0.461. The summed E-state index contributed by atoms with van der Waals surface area (Å²) in [6, 6.07) is 13.3. The minimum absolute atomic E-state index is 0.388. The van der Waals surface area contributed by atoms with Crippen molar-refractivity contribution in [1.29, 1.82) is 0 Å². The van der Waals surface area contributed by atoms with E-state index < -0.39 is 11.7 Å². The number of para-hydroxylation sites is 1. The normalized spacial score (nSPS) is 22.1. The Hall–Kier alpha value is -2.28. The van der Waals surface area contributed by atoms with Crippen molar-refractivity contribution in [2.24, 2.45) is 0 Å². The van der Waals surface area contributed by atoms with E-state index in [2.05, 4.69) is 12.1 Å². The second-order valence-corrected chi connectivity index (χ2v) is 8.94. The van der Waals surface area contributed by atoms with Crippen LogP contribution in [0.25, 0.3) is 10.2 Å². The molecule has 2 atom stereocenters. The van der Waals surface area contributed by atoms with Crippen LogP contribution < -0.4 is 9.80 Å². The minimum Gasteiger partial charge on any atom is -0.317 e. The molecular weight excluding hydrogens is 394 g/mol. The molecule has 28 heavy (non-hydrogen) atoms. The van der Waals surface area contributed by atoms with Crippen LogP contribution in [0.4, 0.5) is 5.69 Å². The SMILES string of the molecule is O=C1C(=O)N(C[NH+]2CCC[C@H](c3nc4ccccc4s3)C2)c2ccc(Cl)cc21. The maximum atomic E-state index is 12.5. The lowest BCUT2D eigenvalue weighted by Gasteiger charge is -2.31. The maximum Gasteiger partial charge on any atom is 0.303 e. The van der Waals surface area contributed by atoms with Crippen LogP contribution in [0, 0.1) is 0 Å². The Kier molecular flexibility index (Phi) is 4.42. The Morgan fingerprint density at radius 3 is 2.93 bits per heavy atom. The van der Waals surface area contributed by atoms with Gasteiger partial charge in [0.2, 0.25) is 0 Å². The van der Waals surface area contributed by atoms with Gasteiger partial charge in [-0.05, 0) is 43.2 Å². The summed E-state index contributed by atoms with van der Waals surface area (Å²) in [4.78, 5) is 32.6. The smallest absolute Gasteiger partial charge is 0.303 e. The number of rotatable bonds is 3. The molecule has 1 amide bonds. The summed E-state index contributed by atoms with van der Waals surface area (Å²) >= 11 is 7.77. The van der Waals surface area contributed by atoms with Gasteiger partial charge in [0, 0.05) is 5.02 Å². The van der Waals surface area contributed by atoms with Crippen molar-refractivity contribution in [2.45, 2.75) is 18.8 Å². The number of carbonyl (C=O) groups is 2. The van der Waals surface area contributed by atoms with Crippen molar-refractivity contribution in [2.75, 3.05) is 24.7 Å². The number of hydrogen-bond acceptors (Lipinski definition) is 4. The summed E-state index contributed by atoms with van der Waals surface area (Å²) in [6.07, 6.45) is 2.20. The summed E-state index contributed by atoms with van der Waals surface area (Å²) in [5.74, 6) is -0.525. The lowest BCUT2D eigenvalue weighted by molar-refractivity contribution is -0.905. The molecule has 1 fully saturated rings. The highest BCUT2D eigenvalue weighted by Crippen LogP contribution is 2.32. The summed E-state index contributed by atoms with van der Waals surface area (Å²) in [6.45, 7) is 2.41. The predicted octanol–water partition coefficient (Wildman–Crippen LogP) is 2.90. The molecule has 3 aromatic rings. The fraction of sp³-hybridized carbons (Fsp3) is 0.286. The van der Waals surface area contributed by atoms with Crippen LogP contribution >= 0.6 is 22.9 Å². The number of Topliss-reactive ketones (excluding diaryl/α,β-unsaturated/α-hetero) is 1. The molecule has 0 radical (unpaired) electrons. The Labute approximate surface area is 171 Å². The number of fused-ring (bicyclic) bond motifs is 2. The van der Waals surface area contributed by atoms with Crippen molar-refractivity contribution in [1.82, 2.24) is 4.98 Å². The summed E-state index contributed by atoms with van der Waals surface area (Å²) in [5.41, 5.74) is 2.14. The third-order valence-electron chi connectivity index (χ3n) is 5.59. The van der Waals surface area contributed by atoms with Crippen LogP contribution in [0.5, 0.6) is 0 Å². The average molecular weight is 413 g/mol. The Morgan fingerprint density at radius 1 is 1.21 bits per heavy atom. The van der Waals surface area contributed by atoms with E-state index in [-0.39, 0.29) is 0 Å². The molecular formula is C21H19ClN3O2S+. The summed E-state index contributed by atoms with van der Waals surface area (Å²) in [7, 11) is 0. The molecule has 5 rings (SSSR count). The number of benzene rings is 2. The second-order valence-electron chi connectivity index (χ2n) is 7.44. The van der Waals surface area contributed by atoms with Gasteiger partial charge in [-0.15, -0.1) is 11.3 Å². The first-order valence-corrected chi connectivity index (χ1v) is 10.6. The van der Waals surface area contributed by atoms with E-state index in [4.69, 9.17) is 16.6 Å². The van der Waals surface area contributed by atoms with Gasteiger partial charge in [-0.2, -0.15) is 0 Å². The molecule has 1 aromatic heterocycles. The van der Waals surface area contributed by atoms with Gasteiger partial charge in [-0.1, -0.05) is 23.7 Å². The zero-order valence-corrected chi connectivity index (χ0v) is 16.7. The number of likely N-dealkylation sites (tertiary alicyclic amines) is 1. The number of carbonyl (C=O) groups excluding carboxylic acids is 2. The number of nitrogens with zero attached hydrogens (tertiary/aromatic N) is 2. The number of amides is 1. The number of thiazole rings is 1. The first-order chi connectivity index (χ1) is 13.6. The van der Waals surface area contributed by atoms with E-state index in [0.717, 1.165) is 31.4 Å². The van der Waals surface area contributed by atoms with E-state index in [0.29, 0.717) is 28.9 Å². The first-order valence-electron chi connectivity index (χ1n) is 9.45. The molecule has 5 nitrogen and oxygen atoms in total. The van der Waals surface area contributed by atoms with Crippen molar-refractivity contribution >= 4 is 50.5 Å². The van der Waals surface area contributed by atoms with Crippen molar-refractivity contribution in [3.8, 4) is 0 Å². The molecule has 2 aromatic carbocycles. The Balaban J connectivity index is 1.36. The molecule has 0 bridgehead atoms. The molecule has 0 aliphatic carbocycles. The van der Waals surface area contributed by atoms with Gasteiger partial charge in [0.25, 0.3) is 5.78 Å². The number of quaternary nitrogens is 1. The summed E-state index contributed by atoms with van der Waals surface area (Å²) < 4.78 is 1.22. The topological polar surface area (TPSA) is 54.7 Å². The predicted molar refractivity (Wildman–Crippen MR) is 110 cm³/mol. The van der Waals surface area contributed by atoms with Crippen molar-refractivity contribution < 1.29 is 14.5 Å². The van der Waals surface area contributed by atoms with E-state index in [1.807, 2.05) is 12.1 Å². The van der Waals surface area contributed by atoms with Crippen molar-refractivity contribution in [3.05, 3.63) is 58.1 Å². The Morgan fingerprint density at radius 2 is 2.07 bits per heavy atom. The van der Waals surface area contributed by atoms with Crippen LogP contribution in [-0.2, 0) is 4.79 Å². The largest absolute Gasteiger partial charge is 0.317 e. The van der Waals surface area contributed by atoms with Crippen LogP contribution in [0.2, 0.25) is 5.02 Å². The first kappa shape index (κ1) is 17.8. The molecule has 1 saturated heterocycles. The average Bonchev–Trinajstić information content (AvgIpc) is 3.24. The molecule has 3 heterocycles.